The van der Waals surface area contributed by atoms with Crippen molar-refractivity contribution in [1.82, 2.24) is 4.31 Å². The molecule has 0 spiro atoms. The zero-order valence-corrected chi connectivity index (χ0v) is 18.9. The molecule has 2 aromatic carbocycles. The SMILES string of the molecule is CN1CCN(c2ccc(Cl)c(C(=O)Nc3cc(Cl)cc(C4CCOCC4)c3)c2)S1=O. The van der Waals surface area contributed by atoms with E-state index in [1.165, 1.54) is 0 Å². The predicted octanol–water partition coefficient (Wildman–Crippen LogP) is 4.47. The summed E-state index contributed by atoms with van der Waals surface area (Å²) in [6.07, 6.45) is 1.87. The number of carbonyl (C=O) groups is 1. The van der Waals surface area contributed by atoms with Crippen LogP contribution in [0.15, 0.2) is 36.4 Å². The summed E-state index contributed by atoms with van der Waals surface area (Å²) in [6, 6.07) is 10.7. The molecule has 4 rings (SSSR count). The molecule has 1 unspecified atom stereocenters. The van der Waals surface area contributed by atoms with E-state index in [2.05, 4.69) is 5.32 Å². The lowest BCUT2D eigenvalue weighted by atomic mass is 9.91. The first-order chi connectivity index (χ1) is 14.4. The summed E-state index contributed by atoms with van der Waals surface area (Å²) in [5, 5.41) is 3.82. The number of likely N-dealkylation sites (N-methyl/N-ethyl adjacent to an activating group) is 1. The lowest BCUT2D eigenvalue weighted by Crippen LogP contribution is -2.24. The summed E-state index contributed by atoms with van der Waals surface area (Å²) in [5.74, 6) is 0.0301. The molecular formula is C21H23Cl2N3O3S. The van der Waals surface area contributed by atoms with Crippen LogP contribution in [-0.4, -0.2) is 47.8 Å². The van der Waals surface area contributed by atoms with Crippen molar-refractivity contribution >= 4 is 51.7 Å². The molecule has 2 heterocycles. The van der Waals surface area contributed by atoms with Gasteiger partial charge < -0.3 is 10.1 Å². The first-order valence-corrected chi connectivity index (χ1v) is 11.6. The van der Waals surface area contributed by atoms with Gasteiger partial charge in [-0.2, -0.15) is 0 Å². The quantitative estimate of drug-likeness (QED) is 0.721. The molecule has 1 amide bonds. The fraction of sp³-hybridized carbons (Fsp3) is 0.381. The fourth-order valence-corrected chi connectivity index (χ4v) is 5.32. The number of carbonyl (C=O) groups excluding carboxylic acids is 1. The number of nitrogens with one attached hydrogen (secondary N) is 1. The molecule has 2 saturated heterocycles. The Morgan fingerprint density at radius 2 is 1.90 bits per heavy atom. The molecule has 6 nitrogen and oxygen atoms in total. The molecular weight excluding hydrogens is 445 g/mol. The third-order valence-electron chi connectivity index (χ3n) is 5.43. The molecule has 0 aliphatic carbocycles. The van der Waals surface area contributed by atoms with Gasteiger partial charge in [0.1, 0.15) is 0 Å². The molecule has 0 bridgehead atoms. The second-order valence-electron chi connectivity index (χ2n) is 7.46. The van der Waals surface area contributed by atoms with Crippen molar-refractivity contribution in [3.8, 4) is 0 Å². The summed E-state index contributed by atoms with van der Waals surface area (Å²) in [6.45, 7) is 2.77. The molecule has 0 aromatic heterocycles. The number of benzene rings is 2. The maximum atomic E-state index is 13.0. The van der Waals surface area contributed by atoms with Gasteiger partial charge in [0.05, 0.1) is 16.3 Å². The molecule has 30 heavy (non-hydrogen) atoms. The number of nitrogens with zero attached hydrogens (tertiary/aromatic N) is 2. The van der Waals surface area contributed by atoms with Crippen LogP contribution in [0.4, 0.5) is 11.4 Å². The average Bonchev–Trinajstić information content (AvgIpc) is 3.07. The molecule has 2 aliphatic rings. The van der Waals surface area contributed by atoms with Gasteiger partial charge in [-0.25, -0.2) is 8.51 Å². The number of amides is 1. The number of anilines is 2. The van der Waals surface area contributed by atoms with E-state index in [0.717, 1.165) is 31.6 Å². The van der Waals surface area contributed by atoms with Crippen LogP contribution < -0.4 is 9.62 Å². The average molecular weight is 468 g/mol. The standard InChI is InChI=1S/C21H23Cl2N3O3S/c1-25-6-7-26(30(25)28)18-2-3-20(23)19(13-18)21(27)24-17-11-15(10-16(22)12-17)14-4-8-29-9-5-14/h2-3,10-14H,4-9H2,1H3,(H,24,27). The molecule has 0 saturated carbocycles. The van der Waals surface area contributed by atoms with Crippen LogP contribution in [0.1, 0.15) is 34.7 Å². The van der Waals surface area contributed by atoms with E-state index in [1.807, 2.05) is 12.1 Å². The molecule has 160 valence electrons. The highest BCUT2D eigenvalue weighted by atomic mass is 35.5. The highest BCUT2D eigenvalue weighted by molar-refractivity contribution is 7.84. The van der Waals surface area contributed by atoms with Gasteiger partial charge >= 0.3 is 0 Å². The number of hydrogen-bond donors (Lipinski definition) is 1. The monoisotopic (exact) mass is 467 g/mol. The Morgan fingerprint density at radius 3 is 2.60 bits per heavy atom. The molecule has 2 aromatic rings. The summed E-state index contributed by atoms with van der Waals surface area (Å²) in [5.41, 5.74) is 2.74. The third-order valence-corrected chi connectivity index (χ3v) is 7.46. The number of rotatable bonds is 4. The minimum Gasteiger partial charge on any atom is -0.381 e. The van der Waals surface area contributed by atoms with Gasteiger partial charge in [-0.15, -0.1) is 0 Å². The Bertz CT molecular complexity index is 982. The van der Waals surface area contributed by atoms with Crippen LogP contribution in [0.25, 0.3) is 0 Å². The normalized spacial score (nSPS) is 20.5. The summed E-state index contributed by atoms with van der Waals surface area (Å²) >= 11 is 11.4. The van der Waals surface area contributed by atoms with Crippen molar-refractivity contribution in [3.05, 3.63) is 57.6 Å². The Balaban J connectivity index is 1.56. The van der Waals surface area contributed by atoms with Crippen LogP contribution in [0, 0.1) is 0 Å². The Hall–Kier alpha value is -1.64. The maximum absolute atomic E-state index is 13.0. The highest BCUT2D eigenvalue weighted by Crippen LogP contribution is 2.32. The lowest BCUT2D eigenvalue weighted by Gasteiger charge is -2.23. The van der Waals surface area contributed by atoms with Crippen molar-refractivity contribution in [2.24, 2.45) is 0 Å². The summed E-state index contributed by atoms with van der Waals surface area (Å²) < 4.78 is 21.3. The number of hydrogen-bond acceptors (Lipinski definition) is 3. The topological polar surface area (TPSA) is 61.9 Å². The van der Waals surface area contributed by atoms with E-state index in [9.17, 15) is 9.00 Å². The van der Waals surface area contributed by atoms with Gasteiger partial charge in [0.15, 0.2) is 11.2 Å². The molecule has 1 atom stereocenters. The van der Waals surface area contributed by atoms with Crippen molar-refractivity contribution in [2.75, 3.05) is 43.0 Å². The Kier molecular flexibility index (Phi) is 6.65. The van der Waals surface area contributed by atoms with Gasteiger partial charge in [0.2, 0.25) is 0 Å². The number of halogens is 2. The second-order valence-corrected chi connectivity index (χ2v) is 9.83. The number of ether oxygens (including phenoxy) is 1. The predicted molar refractivity (Wildman–Crippen MR) is 122 cm³/mol. The minimum atomic E-state index is -1.27. The van der Waals surface area contributed by atoms with Crippen LogP contribution in [0.2, 0.25) is 10.0 Å². The van der Waals surface area contributed by atoms with Crippen molar-refractivity contribution in [2.45, 2.75) is 18.8 Å². The van der Waals surface area contributed by atoms with E-state index < -0.39 is 11.2 Å². The summed E-state index contributed by atoms with van der Waals surface area (Å²) in [4.78, 5) is 13.0. The van der Waals surface area contributed by atoms with E-state index in [4.69, 9.17) is 27.9 Å². The van der Waals surface area contributed by atoms with E-state index in [0.29, 0.717) is 46.0 Å². The van der Waals surface area contributed by atoms with E-state index in [1.54, 1.807) is 39.9 Å². The molecule has 9 heteroatoms. The summed E-state index contributed by atoms with van der Waals surface area (Å²) in [7, 11) is 1.80. The van der Waals surface area contributed by atoms with Gasteiger partial charge in [0, 0.05) is 44.1 Å². The molecule has 2 fully saturated rings. The van der Waals surface area contributed by atoms with Crippen molar-refractivity contribution in [3.63, 3.8) is 0 Å². The van der Waals surface area contributed by atoms with Crippen molar-refractivity contribution in [1.29, 1.82) is 0 Å². The Labute approximate surface area is 188 Å². The zero-order chi connectivity index (χ0) is 21.3. The van der Waals surface area contributed by atoms with Crippen LogP contribution in [-0.2, 0) is 15.9 Å². The van der Waals surface area contributed by atoms with Crippen LogP contribution in [0.5, 0.6) is 0 Å². The van der Waals surface area contributed by atoms with Crippen molar-refractivity contribution < 1.29 is 13.7 Å². The van der Waals surface area contributed by atoms with E-state index >= 15 is 0 Å². The molecule has 0 radical (unpaired) electrons. The van der Waals surface area contributed by atoms with Crippen LogP contribution >= 0.6 is 23.2 Å². The highest BCUT2D eigenvalue weighted by Gasteiger charge is 2.27. The van der Waals surface area contributed by atoms with E-state index in [-0.39, 0.29) is 5.91 Å². The largest absolute Gasteiger partial charge is 0.381 e. The van der Waals surface area contributed by atoms with Gasteiger partial charge in [-0.05, 0) is 60.7 Å². The zero-order valence-electron chi connectivity index (χ0n) is 16.6. The third kappa shape index (κ3) is 4.65. The van der Waals surface area contributed by atoms with Gasteiger partial charge in [-0.3, -0.25) is 9.10 Å². The fourth-order valence-electron chi connectivity index (χ4n) is 3.77. The first kappa shape index (κ1) is 21.6. The van der Waals surface area contributed by atoms with Gasteiger partial charge in [0.25, 0.3) is 5.91 Å². The molecule has 1 N–H and O–H groups in total. The smallest absolute Gasteiger partial charge is 0.257 e. The van der Waals surface area contributed by atoms with Gasteiger partial charge in [-0.1, -0.05) is 23.2 Å². The maximum Gasteiger partial charge on any atom is 0.257 e. The van der Waals surface area contributed by atoms with Crippen LogP contribution in [0.3, 0.4) is 0 Å². The first-order valence-electron chi connectivity index (χ1n) is 9.82. The Morgan fingerprint density at radius 1 is 1.13 bits per heavy atom. The second kappa shape index (κ2) is 9.24. The molecule has 2 aliphatic heterocycles. The lowest BCUT2D eigenvalue weighted by molar-refractivity contribution is 0.0853. The minimum absolute atomic E-state index is 0.327.